The molecule has 0 saturated carbocycles. The molecule has 1 heterocycles. The Morgan fingerprint density at radius 3 is 3.00 bits per heavy atom. The van der Waals surface area contributed by atoms with Crippen LogP contribution < -0.4 is 5.73 Å². The van der Waals surface area contributed by atoms with E-state index in [1.54, 1.807) is 4.90 Å². The molecule has 1 fully saturated rings. The van der Waals surface area contributed by atoms with Crippen molar-refractivity contribution in [2.24, 2.45) is 16.8 Å². The van der Waals surface area contributed by atoms with Gasteiger partial charge in [0.25, 0.3) is 0 Å². The van der Waals surface area contributed by atoms with E-state index in [9.17, 15) is 4.79 Å². The van der Waals surface area contributed by atoms with Crippen molar-refractivity contribution in [1.82, 2.24) is 4.90 Å². The van der Waals surface area contributed by atoms with Gasteiger partial charge in [0, 0.05) is 19.7 Å². The van der Waals surface area contributed by atoms with Crippen LogP contribution >= 0.6 is 0 Å². The molecular formula is C11H21N3O3. The van der Waals surface area contributed by atoms with Crippen molar-refractivity contribution >= 4 is 11.7 Å². The minimum Gasteiger partial charge on any atom is -0.409 e. The summed E-state index contributed by atoms with van der Waals surface area (Å²) in [5.74, 6) is -0.638. The standard InChI is InChI=1S/C11H21N3O3/c1-3-9(10(12)13-16)11(15)14-5-4-6-17-8(2)7-14/h8-9,16H,3-7H2,1-2H3,(H2,12,13). The van der Waals surface area contributed by atoms with Crippen LogP contribution in [-0.2, 0) is 9.53 Å². The fraction of sp³-hybridized carbons (Fsp3) is 0.818. The fourth-order valence-corrected chi connectivity index (χ4v) is 1.99. The molecule has 0 spiro atoms. The molecule has 1 saturated heterocycles. The average molecular weight is 243 g/mol. The van der Waals surface area contributed by atoms with Gasteiger partial charge in [0.1, 0.15) is 0 Å². The maximum Gasteiger partial charge on any atom is 0.233 e. The molecule has 0 aliphatic carbocycles. The first kappa shape index (κ1) is 13.8. The smallest absolute Gasteiger partial charge is 0.233 e. The molecule has 6 nitrogen and oxygen atoms in total. The molecule has 0 aromatic rings. The lowest BCUT2D eigenvalue weighted by Gasteiger charge is -2.26. The maximum absolute atomic E-state index is 12.2. The zero-order chi connectivity index (χ0) is 12.8. The van der Waals surface area contributed by atoms with Gasteiger partial charge in [-0.1, -0.05) is 12.1 Å². The molecule has 98 valence electrons. The second-order valence-corrected chi connectivity index (χ2v) is 4.30. The molecule has 1 aliphatic rings. The van der Waals surface area contributed by atoms with Gasteiger partial charge in [-0.15, -0.1) is 0 Å². The summed E-state index contributed by atoms with van der Waals surface area (Å²) in [6.45, 7) is 5.69. The Kier molecular flexibility index (Phi) is 5.21. The SMILES string of the molecule is CCC(C(=O)N1CCCOC(C)C1)C(N)=NO. The molecule has 17 heavy (non-hydrogen) atoms. The molecule has 6 heteroatoms. The van der Waals surface area contributed by atoms with E-state index < -0.39 is 5.92 Å². The third-order valence-corrected chi connectivity index (χ3v) is 2.94. The Hall–Kier alpha value is -1.30. The van der Waals surface area contributed by atoms with Gasteiger partial charge in [-0.25, -0.2) is 0 Å². The Labute approximate surface area is 101 Å². The lowest BCUT2D eigenvalue weighted by molar-refractivity contribution is -0.134. The highest BCUT2D eigenvalue weighted by Gasteiger charge is 2.28. The summed E-state index contributed by atoms with van der Waals surface area (Å²) in [6.07, 6.45) is 1.38. The van der Waals surface area contributed by atoms with Crippen molar-refractivity contribution in [3.63, 3.8) is 0 Å². The number of nitrogens with zero attached hydrogens (tertiary/aromatic N) is 2. The van der Waals surface area contributed by atoms with E-state index in [0.717, 1.165) is 6.42 Å². The van der Waals surface area contributed by atoms with Crippen LogP contribution in [0.5, 0.6) is 0 Å². The van der Waals surface area contributed by atoms with Gasteiger partial charge in [-0.2, -0.15) is 0 Å². The van der Waals surface area contributed by atoms with E-state index in [4.69, 9.17) is 15.7 Å². The first-order valence-corrected chi connectivity index (χ1v) is 5.98. The predicted octanol–water partition coefficient (Wildman–Crippen LogP) is 0.396. The Balaban J connectivity index is 2.72. The molecule has 0 bridgehead atoms. The van der Waals surface area contributed by atoms with Crippen LogP contribution in [0.15, 0.2) is 5.16 Å². The highest BCUT2D eigenvalue weighted by molar-refractivity contribution is 6.02. The summed E-state index contributed by atoms with van der Waals surface area (Å²) in [5, 5.41) is 11.6. The minimum atomic E-state index is -0.537. The second kappa shape index (κ2) is 6.44. The number of carbonyl (C=O) groups excluding carboxylic acids is 1. The summed E-state index contributed by atoms with van der Waals surface area (Å²) in [7, 11) is 0. The van der Waals surface area contributed by atoms with Crippen molar-refractivity contribution < 1.29 is 14.7 Å². The molecule has 1 aliphatic heterocycles. The van der Waals surface area contributed by atoms with Crippen LogP contribution in [0.25, 0.3) is 0 Å². The number of hydrogen-bond acceptors (Lipinski definition) is 4. The molecule has 1 rings (SSSR count). The molecule has 0 aromatic carbocycles. The van der Waals surface area contributed by atoms with Gasteiger partial charge < -0.3 is 20.6 Å². The van der Waals surface area contributed by atoms with Gasteiger partial charge in [0.05, 0.1) is 12.0 Å². The van der Waals surface area contributed by atoms with Crippen molar-refractivity contribution in [1.29, 1.82) is 0 Å². The summed E-state index contributed by atoms with van der Waals surface area (Å²) < 4.78 is 5.48. The van der Waals surface area contributed by atoms with Crippen LogP contribution in [0.2, 0.25) is 0 Å². The van der Waals surface area contributed by atoms with Crippen molar-refractivity contribution in [3.05, 3.63) is 0 Å². The third kappa shape index (κ3) is 3.59. The van der Waals surface area contributed by atoms with Gasteiger partial charge in [-0.05, 0) is 19.8 Å². The van der Waals surface area contributed by atoms with E-state index in [1.807, 2.05) is 13.8 Å². The van der Waals surface area contributed by atoms with Crippen LogP contribution in [0.4, 0.5) is 0 Å². The third-order valence-electron chi connectivity index (χ3n) is 2.94. The summed E-state index contributed by atoms with van der Waals surface area (Å²) in [6, 6.07) is 0. The molecule has 2 atom stereocenters. The summed E-state index contributed by atoms with van der Waals surface area (Å²) >= 11 is 0. The first-order valence-electron chi connectivity index (χ1n) is 5.98. The van der Waals surface area contributed by atoms with Crippen LogP contribution in [0, 0.1) is 5.92 Å². The molecule has 1 amide bonds. The number of carbonyl (C=O) groups is 1. The lowest BCUT2D eigenvalue weighted by Crippen LogP contribution is -2.44. The quantitative estimate of drug-likeness (QED) is 0.325. The minimum absolute atomic E-state index is 0.0182. The summed E-state index contributed by atoms with van der Waals surface area (Å²) in [4.78, 5) is 14.0. The number of ether oxygens (including phenoxy) is 1. The van der Waals surface area contributed by atoms with Gasteiger partial charge in [-0.3, -0.25) is 4.79 Å². The second-order valence-electron chi connectivity index (χ2n) is 4.30. The van der Waals surface area contributed by atoms with Crippen molar-refractivity contribution in [2.75, 3.05) is 19.7 Å². The molecule has 2 unspecified atom stereocenters. The van der Waals surface area contributed by atoms with Crippen molar-refractivity contribution in [2.45, 2.75) is 32.8 Å². The highest BCUT2D eigenvalue weighted by atomic mass is 16.5. The highest BCUT2D eigenvalue weighted by Crippen LogP contribution is 2.12. The first-order chi connectivity index (χ1) is 8.10. The zero-order valence-corrected chi connectivity index (χ0v) is 10.4. The summed E-state index contributed by atoms with van der Waals surface area (Å²) in [5.41, 5.74) is 5.53. The largest absolute Gasteiger partial charge is 0.409 e. The maximum atomic E-state index is 12.2. The van der Waals surface area contributed by atoms with E-state index >= 15 is 0 Å². The van der Waals surface area contributed by atoms with E-state index in [0.29, 0.717) is 26.1 Å². The van der Waals surface area contributed by atoms with Crippen LogP contribution in [0.3, 0.4) is 0 Å². The van der Waals surface area contributed by atoms with Gasteiger partial charge >= 0.3 is 0 Å². The molecular weight excluding hydrogens is 222 g/mol. The predicted molar refractivity (Wildman–Crippen MR) is 63.8 cm³/mol. The number of amides is 1. The molecule has 3 N–H and O–H groups in total. The number of rotatable bonds is 3. The zero-order valence-electron chi connectivity index (χ0n) is 10.4. The monoisotopic (exact) mass is 243 g/mol. The lowest BCUT2D eigenvalue weighted by atomic mass is 10.0. The van der Waals surface area contributed by atoms with Gasteiger partial charge in [0.2, 0.25) is 5.91 Å². The topological polar surface area (TPSA) is 88.2 Å². The molecule has 0 aromatic heterocycles. The Morgan fingerprint density at radius 1 is 1.71 bits per heavy atom. The Morgan fingerprint density at radius 2 is 2.41 bits per heavy atom. The average Bonchev–Trinajstić information content (AvgIpc) is 2.54. The fourth-order valence-electron chi connectivity index (χ4n) is 1.99. The number of hydrogen-bond donors (Lipinski definition) is 2. The number of oxime groups is 1. The van der Waals surface area contributed by atoms with Crippen LogP contribution in [0.1, 0.15) is 26.7 Å². The van der Waals surface area contributed by atoms with Crippen LogP contribution in [-0.4, -0.2) is 47.7 Å². The normalized spacial score (nSPS) is 24.2. The number of nitrogens with two attached hydrogens (primary N) is 1. The van der Waals surface area contributed by atoms with Crippen molar-refractivity contribution in [3.8, 4) is 0 Å². The van der Waals surface area contributed by atoms with E-state index in [-0.39, 0.29) is 17.8 Å². The molecule has 0 radical (unpaired) electrons. The Bertz CT molecular complexity index is 294. The van der Waals surface area contributed by atoms with E-state index in [2.05, 4.69) is 5.16 Å². The van der Waals surface area contributed by atoms with E-state index in [1.165, 1.54) is 0 Å². The number of amidine groups is 1. The van der Waals surface area contributed by atoms with Gasteiger partial charge in [0.15, 0.2) is 5.84 Å².